The molecule has 1 aromatic heterocycles. The van der Waals surface area contributed by atoms with Gasteiger partial charge in [-0.1, -0.05) is 0 Å². The number of rotatable bonds is 3. The quantitative estimate of drug-likeness (QED) is 0.732. The van der Waals surface area contributed by atoms with Gasteiger partial charge in [0.05, 0.1) is 25.0 Å². The molecular formula is C10H16N4O2. The summed E-state index contributed by atoms with van der Waals surface area (Å²) < 4.78 is 7.36. The van der Waals surface area contributed by atoms with E-state index in [-0.39, 0.29) is 24.6 Å². The number of aromatic nitrogens is 2. The van der Waals surface area contributed by atoms with Crippen molar-refractivity contribution in [2.24, 2.45) is 5.73 Å². The smallest absolute Gasteiger partial charge is 0.236 e. The first-order valence-corrected chi connectivity index (χ1v) is 5.24. The van der Waals surface area contributed by atoms with Gasteiger partial charge >= 0.3 is 0 Å². The lowest BCUT2D eigenvalue weighted by molar-refractivity contribution is -0.129. The number of ether oxygens (including phenoxy) is 1. The van der Waals surface area contributed by atoms with Crippen molar-refractivity contribution in [1.29, 1.82) is 0 Å². The van der Waals surface area contributed by atoms with Gasteiger partial charge in [-0.2, -0.15) is 0 Å². The van der Waals surface area contributed by atoms with Crippen LogP contribution in [0.3, 0.4) is 0 Å². The van der Waals surface area contributed by atoms with E-state index in [1.165, 1.54) is 0 Å². The monoisotopic (exact) mass is 224 g/mol. The molecule has 1 aliphatic heterocycles. The van der Waals surface area contributed by atoms with E-state index < -0.39 is 0 Å². The summed E-state index contributed by atoms with van der Waals surface area (Å²) in [6.07, 6.45) is 5.35. The lowest BCUT2D eigenvalue weighted by Gasteiger charge is -2.17. The van der Waals surface area contributed by atoms with Crippen LogP contribution in [0.4, 0.5) is 0 Å². The Morgan fingerprint density at radius 2 is 2.44 bits per heavy atom. The van der Waals surface area contributed by atoms with Gasteiger partial charge in [0.1, 0.15) is 0 Å². The second-order valence-electron chi connectivity index (χ2n) is 3.85. The van der Waals surface area contributed by atoms with Crippen molar-refractivity contribution in [3.8, 4) is 0 Å². The molecule has 6 heteroatoms. The van der Waals surface area contributed by atoms with Gasteiger partial charge in [-0.05, 0) is 0 Å². The minimum Gasteiger partial charge on any atom is -0.377 e. The van der Waals surface area contributed by atoms with Crippen LogP contribution in [0.2, 0.25) is 0 Å². The fourth-order valence-electron chi connectivity index (χ4n) is 2.07. The topological polar surface area (TPSA) is 73.4 Å². The Hall–Kier alpha value is -1.40. The van der Waals surface area contributed by atoms with Crippen LogP contribution in [0.25, 0.3) is 0 Å². The Bertz CT molecular complexity index is 352. The third kappa shape index (κ3) is 1.94. The van der Waals surface area contributed by atoms with Crippen molar-refractivity contribution < 1.29 is 9.53 Å². The molecule has 0 saturated carbocycles. The Morgan fingerprint density at radius 3 is 3.00 bits per heavy atom. The summed E-state index contributed by atoms with van der Waals surface area (Å²) in [6, 6.07) is 0.128. The third-order valence-corrected chi connectivity index (χ3v) is 2.97. The van der Waals surface area contributed by atoms with Crippen molar-refractivity contribution in [3.05, 3.63) is 18.7 Å². The van der Waals surface area contributed by atoms with Crippen molar-refractivity contribution >= 4 is 5.91 Å². The molecule has 1 amide bonds. The van der Waals surface area contributed by atoms with E-state index in [1.807, 2.05) is 10.8 Å². The molecule has 6 nitrogen and oxygen atoms in total. The van der Waals surface area contributed by atoms with Crippen LogP contribution in [0.5, 0.6) is 0 Å². The van der Waals surface area contributed by atoms with E-state index in [2.05, 4.69) is 4.98 Å². The van der Waals surface area contributed by atoms with Gasteiger partial charge in [0.15, 0.2) is 0 Å². The van der Waals surface area contributed by atoms with E-state index in [0.29, 0.717) is 13.1 Å². The molecular weight excluding hydrogens is 208 g/mol. The summed E-state index contributed by atoms with van der Waals surface area (Å²) in [6.45, 7) is 1.27. The van der Waals surface area contributed by atoms with Gasteiger partial charge in [-0.3, -0.25) is 4.79 Å². The third-order valence-electron chi connectivity index (χ3n) is 2.97. The highest BCUT2D eigenvalue weighted by molar-refractivity contribution is 5.78. The Labute approximate surface area is 94.0 Å². The van der Waals surface area contributed by atoms with E-state index >= 15 is 0 Å². The van der Waals surface area contributed by atoms with Crippen molar-refractivity contribution in [3.63, 3.8) is 0 Å². The molecule has 0 aliphatic carbocycles. The molecule has 2 rings (SSSR count). The second-order valence-corrected chi connectivity index (χ2v) is 3.85. The van der Waals surface area contributed by atoms with Crippen LogP contribution >= 0.6 is 0 Å². The van der Waals surface area contributed by atoms with Crippen LogP contribution in [0.1, 0.15) is 6.04 Å². The molecule has 1 saturated heterocycles. The fraction of sp³-hybridized carbons (Fsp3) is 0.600. The zero-order chi connectivity index (χ0) is 11.5. The van der Waals surface area contributed by atoms with Crippen LogP contribution in [-0.4, -0.2) is 53.2 Å². The average Bonchev–Trinajstić information content (AvgIpc) is 2.95. The molecule has 0 bridgehead atoms. The van der Waals surface area contributed by atoms with Crippen molar-refractivity contribution in [2.75, 3.05) is 26.7 Å². The molecule has 1 aliphatic rings. The molecule has 0 unspecified atom stereocenters. The van der Waals surface area contributed by atoms with E-state index in [9.17, 15) is 4.79 Å². The Morgan fingerprint density at radius 1 is 1.62 bits per heavy atom. The summed E-state index contributed by atoms with van der Waals surface area (Å²) in [5.41, 5.74) is 5.35. The number of nitrogens with two attached hydrogens (primary N) is 1. The maximum Gasteiger partial charge on any atom is 0.236 e. The predicted octanol–water partition coefficient (Wildman–Crippen LogP) is -0.760. The first-order valence-electron chi connectivity index (χ1n) is 5.24. The van der Waals surface area contributed by atoms with Gasteiger partial charge in [0.25, 0.3) is 0 Å². The van der Waals surface area contributed by atoms with E-state index in [1.54, 1.807) is 24.5 Å². The second kappa shape index (κ2) is 4.63. The standard InChI is InChI=1S/C10H16N4O2/c1-16-9-6-14(10(15)4-11)5-8(9)13-3-2-12-7-13/h2-3,7-9H,4-6,11H2,1H3/t8-,9+/m1/s1. The molecule has 2 N–H and O–H groups in total. The first kappa shape index (κ1) is 11.1. The maximum absolute atomic E-state index is 11.5. The Balaban J connectivity index is 2.11. The molecule has 0 spiro atoms. The SMILES string of the molecule is CO[C@H]1CN(C(=O)CN)C[C@H]1n1ccnc1. The number of methoxy groups -OCH3 is 1. The minimum absolute atomic E-state index is 0.00435. The van der Waals surface area contributed by atoms with Crippen LogP contribution in [0, 0.1) is 0 Å². The van der Waals surface area contributed by atoms with Crippen molar-refractivity contribution in [1.82, 2.24) is 14.5 Å². The molecule has 0 radical (unpaired) electrons. The molecule has 1 fully saturated rings. The molecule has 0 aromatic carbocycles. The number of carbonyl (C=O) groups excluding carboxylic acids is 1. The maximum atomic E-state index is 11.5. The summed E-state index contributed by atoms with van der Waals surface area (Å²) in [5.74, 6) is -0.0373. The predicted molar refractivity (Wildman–Crippen MR) is 57.7 cm³/mol. The number of amides is 1. The summed E-state index contributed by atoms with van der Waals surface area (Å²) >= 11 is 0. The minimum atomic E-state index is -0.0373. The number of carbonyl (C=O) groups is 1. The normalized spacial score (nSPS) is 25.0. The van der Waals surface area contributed by atoms with E-state index in [4.69, 9.17) is 10.5 Å². The largest absolute Gasteiger partial charge is 0.377 e. The lowest BCUT2D eigenvalue weighted by Crippen LogP contribution is -2.34. The highest BCUT2D eigenvalue weighted by Crippen LogP contribution is 2.23. The molecule has 16 heavy (non-hydrogen) atoms. The summed E-state index contributed by atoms with van der Waals surface area (Å²) in [7, 11) is 1.66. The zero-order valence-electron chi connectivity index (χ0n) is 9.24. The molecule has 2 heterocycles. The summed E-state index contributed by atoms with van der Waals surface area (Å²) in [5, 5.41) is 0. The van der Waals surface area contributed by atoms with Gasteiger partial charge in [0.2, 0.25) is 5.91 Å². The highest BCUT2D eigenvalue weighted by atomic mass is 16.5. The zero-order valence-corrected chi connectivity index (χ0v) is 9.24. The number of imidazole rings is 1. The van der Waals surface area contributed by atoms with Crippen LogP contribution < -0.4 is 5.73 Å². The van der Waals surface area contributed by atoms with Crippen molar-refractivity contribution in [2.45, 2.75) is 12.1 Å². The number of nitrogens with zero attached hydrogens (tertiary/aromatic N) is 3. The fourth-order valence-corrected chi connectivity index (χ4v) is 2.07. The molecule has 1 aromatic rings. The van der Waals surface area contributed by atoms with Gasteiger partial charge in [-0.15, -0.1) is 0 Å². The highest BCUT2D eigenvalue weighted by Gasteiger charge is 2.35. The number of likely N-dealkylation sites (tertiary alicyclic amines) is 1. The van der Waals surface area contributed by atoms with Crippen LogP contribution in [-0.2, 0) is 9.53 Å². The average molecular weight is 224 g/mol. The van der Waals surface area contributed by atoms with Crippen LogP contribution in [0.15, 0.2) is 18.7 Å². The summed E-state index contributed by atoms with van der Waals surface area (Å²) in [4.78, 5) is 17.3. The van der Waals surface area contributed by atoms with Gasteiger partial charge < -0.3 is 19.9 Å². The van der Waals surface area contributed by atoms with Gasteiger partial charge in [0, 0.05) is 32.6 Å². The first-order chi connectivity index (χ1) is 7.76. The van der Waals surface area contributed by atoms with Gasteiger partial charge in [-0.25, -0.2) is 4.98 Å². The van der Waals surface area contributed by atoms with E-state index in [0.717, 1.165) is 0 Å². The molecule has 2 atom stereocenters. The lowest BCUT2D eigenvalue weighted by atomic mass is 10.2. The Kier molecular flexibility index (Phi) is 3.21. The number of hydrogen-bond acceptors (Lipinski definition) is 4. The number of hydrogen-bond donors (Lipinski definition) is 1. The molecule has 88 valence electrons.